The summed E-state index contributed by atoms with van der Waals surface area (Å²) < 4.78 is 26.3. The van der Waals surface area contributed by atoms with E-state index in [4.69, 9.17) is 6.42 Å². The standard InChI is InChI=1S/C19H20N2O3S/c1-4-10-21(25(23,24)18-8-6-5-7-9-18)14-19(22)20-17-12-15(2)11-16(3)13-17/h1,5-9,11-13H,10,14H2,2-3H3,(H,20,22). The molecule has 0 radical (unpaired) electrons. The Kier molecular flexibility index (Phi) is 5.97. The molecule has 0 aliphatic heterocycles. The van der Waals surface area contributed by atoms with Crippen molar-refractivity contribution in [2.75, 3.05) is 18.4 Å². The first kappa shape index (κ1) is 18.7. The van der Waals surface area contributed by atoms with Gasteiger partial charge >= 0.3 is 0 Å². The normalized spacial score (nSPS) is 11.1. The summed E-state index contributed by atoms with van der Waals surface area (Å²) in [6, 6.07) is 13.5. The zero-order valence-electron chi connectivity index (χ0n) is 14.2. The van der Waals surface area contributed by atoms with Gasteiger partial charge in [0.05, 0.1) is 18.0 Å². The van der Waals surface area contributed by atoms with E-state index < -0.39 is 15.9 Å². The number of hydrogen-bond acceptors (Lipinski definition) is 3. The molecule has 0 fully saturated rings. The van der Waals surface area contributed by atoms with Crippen molar-refractivity contribution < 1.29 is 13.2 Å². The highest BCUT2D eigenvalue weighted by molar-refractivity contribution is 7.89. The minimum Gasteiger partial charge on any atom is -0.325 e. The summed E-state index contributed by atoms with van der Waals surface area (Å²) >= 11 is 0. The van der Waals surface area contributed by atoms with Gasteiger partial charge in [-0.1, -0.05) is 30.2 Å². The number of terminal acetylenes is 1. The summed E-state index contributed by atoms with van der Waals surface area (Å²) in [7, 11) is -3.84. The SMILES string of the molecule is C#CCN(CC(=O)Nc1cc(C)cc(C)c1)S(=O)(=O)c1ccccc1. The highest BCUT2D eigenvalue weighted by Crippen LogP contribution is 2.16. The molecule has 0 spiro atoms. The number of aryl methyl sites for hydroxylation is 2. The van der Waals surface area contributed by atoms with E-state index in [-0.39, 0.29) is 18.0 Å². The largest absolute Gasteiger partial charge is 0.325 e. The molecule has 0 saturated heterocycles. The van der Waals surface area contributed by atoms with Crippen molar-refractivity contribution in [2.24, 2.45) is 0 Å². The molecular formula is C19H20N2O3S. The molecule has 0 bridgehead atoms. The predicted molar refractivity (Wildman–Crippen MR) is 98.6 cm³/mol. The fourth-order valence-corrected chi connectivity index (χ4v) is 3.81. The third kappa shape index (κ3) is 4.92. The first-order valence-corrected chi connectivity index (χ1v) is 9.14. The number of amides is 1. The topological polar surface area (TPSA) is 66.5 Å². The van der Waals surface area contributed by atoms with E-state index in [1.54, 1.807) is 18.2 Å². The first-order chi connectivity index (χ1) is 11.8. The van der Waals surface area contributed by atoms with Crippen LogP contribution in [0.15, 0.2) is 53.4 Å². The molecule has 2 aromatic carbocycles. The van der Waals surface area contributed by atoms with Gasteiger partial charge in [0.1, 0.15) is 0 Å². The van der Waals surface area contributed by atoms with Crippen LogP contribution in [0.3, 0.4) is 0 Å². The van der Waals surface area contributed by atoms with Crippen LogP contribution in [0.5, 0.6) is 0 Å². The average molecular weight is 356 g/mol. The van der Waals surface area contributed by atoms with Crippen molar-refractivity contribution in [3.05, 3.63) is 59.7 Å². The van der Waals surface area contributed by atoms with Crippen LogP contribution in [0.2, 0.25) is 0 Å². The molecule has 0 unspecified atom stereocenters. The first-order valence-electron chi connectivity index (χ1n) is 7.70. The van der Waals surface area contributed by atoms with Gasteiger partial charge in [0.2, 0.25) is 15.9 Å². The Labute approximate surface area is 148 Å². The van der Waals surface area contributed by atoms with Crippen molar-refractivity contribution in [2.45, 2.75) is 18.7 Å². The number of hydrogen-bond donors (Lipinski definition) is 1. The number of benzene rings is 2. The Hall–Kier alpha value is -2.62. The Morgan fingerprint density at radius 1 is 1.12 bits per heavy atom. The molecule has 0 heterocycles. The van der Waals surface area contributed by atoms with Crippen LogP contribution >= 0.6 is 0 Å². The van der Waals surface area contributed by atoms with Crippen molar-refractivity contribution in [1.29, 1.82) is 0 Å². The zero-order chi connectivity index (χ0) is 18.4. The molecule has 1 amide bonds. The molecule has 0 aliphatic rings. The lowest BCUT2D eigenvalue weighted by molar-refractivity contribution is -0.116. The third-order valence-corrected chi connectivity index (χ3v) is 5.28. The Morgan fingerprint density at radius 3 is 2.28 bits per heavy atom. The summed E-state index contributed by atoms with van der Waals surface area (Å²) in [5, 5.41) is 2.72. The number of carbonyl (C=O) groups is 1. The molecular weight excluding hydrogens is 336 g/mol. The molecule has 5 nitrogen and oxygen atoms in total. The lowest BCUT2D eigenvalue weighted by Gasteiger charge is -2.19. The Morgan fingerprint density at radius 2 is 1.72 bits per heavy atom. The van der Waals surface area contributed by atoms with E-state index >= 15 is 0 Å². The van der Waals surface area contributed by atoms with Crippen LogP contribution in [-0.4, -0.2) is 31.7 Å². The molecule has 0 atom stereocenters. The lowest BCUT2D eigenvalue weighted by atomic mass is 10.1. The van der Waals surface area contributed by atoms with E-state index in [2.05, 4.69) is 11.2 Å². The van der Waals surface area contributed by atoms with E-state index in [1.807, 2.05) is 32.0 Å². The molecule has 25 heavy (non-hydrogen) atoms. The fraction of sp³-hybridized carbons (Fsp3) is 0.211. The average Bonchev–Trinajstić information content (AvgIpc) is 2.54. The molecule has 0 aliphatic carbocycles. The highest BCUT2D eigenvalue weighted by Gasteiger charge is 2.25. The van der Waals surface area contributed by atoms with Gasteiger partial charge in [-0.25, -0.2) is 8.42 Å². The molecule has 1 N–H and O–H groups in total. The van der Waals surface area contributed by atoms with E-state index in [9.17, 15) is 13.2 Å². The van der Waals surface area contributed by atoms with Gasteiger partial charge in [0.15, 0.2) is 0 Å². The summed E-state index contributed by atoms with van der Waals surface area (Å²) in [4.78, 5) is 12.4. The quantitative estimate of drug-likeness (QED) is 0.809. The van der Waals surface area contributed by atoms with Crippen LogP contribution < -0.4 is 5.32 Å². The van der Waals surface area contributed by atoms with Crippen LogP contribution in [0.25, 0.3) is 0 Å². The number of carbonyl (C=O) groups excluding carboxylic acids is 1. The van der Waals surface area contributed by atoms with Gasteiger partial charge in [-0.05, 0) is 49.2 Å². The number of nitrogens with one attached hydrogen (secondary N) is 1. The fourth-order valence-electron chi connectivity index (χ4n) is 2.48. The highest BCUT2D eigenvalue weighted by atomic mass is 32.2. The van der Waals surface area contributed by atoms with Crippen molar-refractivity contribution >= 4 is 21.6 Å². The smallest absolute Gasteiger partial charge is 0.244 e. The van der Waals surface area contributed by atoms with Crippen molar-refractivity contribution in [1.82, 2.24) is 4.31 Å². The van der Waals surface area contributed by atoms with E-state index in [0.29, 0.717) is 5.69 Å². The molecule has 0 saturated carbocycles. The summed E-state index contributed by atoms with van der Waals surface area (Å²) in [5.41, 5.74) is 2.64. The maximum absolute atomic E-state index is 12.7. The Bertz CT molecular complexity index is 880. The van der Waals surface area contributed by atoms with E-state index in [1.165, 1.54) is 12.1 Å². The maximum atomic E-state index is 12.7. The van der Waals surface area contributed by atoms with Crippen molar-refractivity contribution in [3.8, 4) is 12.3 Å². The molecule has 2 rings (SSSR count). The van der Waals surface area contributed by atoms with Crippen LogP contribution in [0.1, 0.15) is 11.1 Å². The van der Waals surface area contributed by atoms with Crippen LogP contribution in [0.4, 0.5) is 5.69 Å². The molecule has 0 aromatic heterocycles. The second-order valence-corrected chi connectivity index (χ2v) is 7.65. The monoisotopic (exact) mass is 356 g/mol. The zero-order valence-corrected chi connectivity index (χ0v) is 15.0. The van der Waals surface area contributed by atoms with Gasteiger partial charge in [0, 0.05) is 5.69 Å². The number of rotatable bonds is 6. The number of anilines is 1. The summed E-state index contributed by atoms with van der Waals surface area (Å²) in [6.07, 6.45) is 5.28. The third-order valence-electron chi connectivity index (χ3n) is 3.47. The minimum atomic E-state index is -3.84. The Balaban J connectivity index is 2.18. The second kappa shape index (κ2) is 7.97. The van der Waals surface area contributed by atoms with Crippen molar-refractivity contribution in [3.63, 3.8) is 0 Å². The van der Waals surface area contributed by atoms with Gasteiger partial charge in [-0.3, -0.25) is 4.79 Å². The van der Waals surface area contributed by atoms with Gasteiger partial charge in [-0.15, -0.1) is 6.42 Å². The molecule has 2 aromatic rings. The second-order valence-electron chi connectivity index (χ2n) is 5.71. The molecule has 6 heteroatoms. The van der Waals surface area contributed by atoms with Crippen LogP contribution in [0, 0.1) is 26.2 Å². The van der Waals surface area contributed by atoms with Crippen LogP contribution in [-0.2, 0) is 14.8 Å². The number of sulfonamides is 1. The number of nitrogens with zero attached hydrogens (tertiary/aromatic N) is 1. The summed E-state index contributed by atoms with van der Waals surface area (Å²) in [5.74, 6) is 1.85. The maximum Gasteiger partial charge on any atom is 0.244 e. The predicted octanol–water partition coefficient (Wildman–Crippen LogP) is 2.57. The molecule has 130 valence electrons. The van der Waals surface area contributed by atoms with Gasteiger partial charge < -0.3 is 5.32 Å². The lowest BCUT2D eigenvalue weighted by Crippen LogP contribution is -2.38. The van der Waals surface area contributed by atoms with Gasteiger partial charge in [-0.2, -0.15) is 4.31 Å². The van der Waals surface area contributed by atoms with Gasteiger partial charge in [0.25, 0.3) is 0 Å². The summed E-state index contributed by atoms with van der Waals surface area (Å²) in [6.45, 7) is 3.31. The van der Waals surface area contributed by atoms with E-state index in [0.717, 1.165) is 15.4 Å². The minimum absolute atomic E-state index is 0.101.